The molecule has 4 aromatic rings. The number of piperazine rings is 2. The number of amides is 2. The number of rotatable bonds is 27. The van der Waals surface area contributed by atoms with Gasteiger partial charge in [-0.2, -0.15) is 15.0 Å². The Balaban J connectivity index is 0.00000963. The third-order valence-corrected chi connectivity index (χ3v) is 13.2. The number of carbonyl (C=O) groups excluding carboxylic acids is 2. The van der Waals surface area contributed by atoms with Crippen molar-refractivity contribution in [2.24, 2.45) is 29.2 Å². The van der Waals surface area contributed by atoms with Gasteiger partial charge in [-0.05, 0) is 48.3 Å². The topological polar surface area (TPSA) is 259 Å². The second-order valence-corrected chi connectivity index (χ2v) is 18.9. The number of aromatic nitrogens is 9. The van der Waals surface area contributed by atoms with Crippen molar-refractivity contribution in [3.8, 4) is 18.1 Å². The van der Waals surface area contributed by atoms with Gasteiger partial charge in [0.1, 0.15) is 24.4 Å². The monoisotopic (exact) mass is 1020 g/mol. The van der Waals surface area contributed by atoms with E-state index in [1.54, 1.807) is 27.7 Å². The molecule has 1 aromatic carbocycles. The van der Waals surface area contributed by atoms with Gasteiger partial charge in [0.2, 0.25) is 29.7 Å². The summed E-state index contributed by atoms with van der Waals surface area (Å²) in [5.74, 6) is 4.35. The molecule has 0 spiro atoms. The fourth-order valence-corrected chi connectivity index (χ4v) is 8.64. The zero-order chi connectivity index (χ0) is 50.9. The number of anilines is 3. The van der Waals surface area contributed by atoms with Crippen LogP contribution in [0.3, 0.4) is 0 Å². The quantitative estimate of drug-likeness (QED) is 0.0454. The predicted molar refractivity (Wildman–Crippen MR) is 269 cm³/mol. The highest BCUT2D eigenvalue weighted by molar-refractivity contribution is 5.81. The van der Waals surface area contributed by atoms with Gasteiger partial charge < -0.3 is 68.1 Å². The number of nitrogens with two attached hydrogens (primary N) is 2. The van der Waals surface area contributed by atoms with Gasteiger partial charge in [-0.3, -0.25) is 9.59 Å². The molecule has 3 aromatic heterocycles. The van der Waals surface area contributed by atoms with Crippen molar-refractivity contribution in [3.63, 3.8) is 0 Å². The normalized spacial score (nSPS) is 16.7. The van der Waals surface area contributed by atoms with E-state index in [9.17, 15) is 14.7 Å². The van der Waals surface area contributed by atoms with Gasteiger partial charge in [0.15, 0.2) is 0 Å². The van der Waals surface area contributed by atoms with Crippen LogP contribution in [-0.2, 0) is 30.2 Å². The number of hydrogen-bond acceptors (Lipinski definition) is 18. The predicted octanol–water partition coefficient (Wildman–Crippen LogP) is 0.0195. The number of phenolic OH excluding ortho intramolecular Hbond substituents is 1. The molecule has 6 N–H and O–H groups in total. The summed E-state index contributed by atoms with van der Waals surface area (Å²) in [5.41, 5.74) is 15.2. The molecular weight excluding hydrogens is 944 g/mol. The lowest BCUT2D eigenvalue weighted by Crippen LogP contribution is -3.00. The average molecular weight is 1020 g/mol. The molecule has 0 saturated carbocycles. The molecule has 6 rings (SSSR count). The van der Waals surface area contributed by atoms with Crippen LogP contribution in [0.25, 0.3) is 0 Å². The summed E-state index contributed by atoms with van der Waals surface area (Å²) in [7, 11) is 0. The molecule has 2 saturated heterocycles. The molecule has 396 valence electrons. The smallest absolute Gasteiger partial charge is 0.247 e. The first kappa shape index (κ1) is 57.2. The Morgan fingerprint density at radius 3 is 1.65 bits per heavy atom. The molecule has 2 amide bonds. The first-order valence-electron chi connectivity index (χ1n) is 25.2. The van der Waals surface area contributed by atoms with Crippen LogP contribution in [0, 0.1) is 30.1 Å². The molecule has 0 bridgehead atoms. The van der Waals surface area contributed by atoms with Crippen molar-refractivity contribution in [2.75, 3.05) is 114 Å². The summed E-state index contributed by atoms with van der Waals surface area (Å²) in [6.45, 7) is 19.1. The van der Waals surface area contributed by atoms with Crippen LogP contribution in [0.4, 0.5) is 17.8 Å². The van der Waals surface area contributed by atoms with Crippen LogP contribution < -0.4 is 39.0 Å². The molecular formula is C49H76ClN16O6-. The highest BCUT2D eigenvalue weighted by Crippen LogP contribution is 2.29. The number of nitrogens with zero attached hydrogens (tertiary/aromatic N) is 13. The summed E-state index contributed by atoms with van der Waals surface area (Å²) >= 11 is 0. The van der Waals surface area contributed by atoms with Gasteiger partial charge in [0.05, 0.1) is 68.9 Å². The highest BCUT2D eigenvalue weighted by atomic mass is 35.5. The van der Waals surface area contributed by atoms with Crippen molar-refractivity contribution in [3.05, 3.63) is 53.6 Å². The first-order chi connectivity index (χ1) is 34.3. The largest absolute Gasteiger partial charge is 1.00 e. The fraction of sp³-hybridized carbons (Fsp3) is 0.653. The van der Waals surface area contributed by atoms with E-state index >= 15 is 0 Å². The Morgan fingerprint density at radius 1 is 0.708 bits per heavy atom. The lowest BCUT2D eigenvalue weighted by Gasteiger charge is -2.38. The minimum atomic E-state index is -0.567. The van der Waals surface area contributed by atoms with E-state index in [1.165, 1.54) is 0 Å². The number of hydrogen-bond donors (Lipinski definition) is 4. The lowest BCUT2D eigenvalue weighted by molar-refractivity contribution is -0.137. The molecule has 22 nitrogen and oxygen atoms in total. The molecule has 2 aliphatic rings. The van der Waals surface area contributed by atoms with Gasteiger partial charge in [-0.15, -0.1) is 16.6 Å². The third kappa shape index (κ3) is 15.9. The van der Waals surface area contributed by atoms with Crippen LogP contribution in [0.5, 0.6) is 5.75 Å². The number of phenols is 1. The number of nitrogens with one attached hydrogen (secondary N) is 1. The van der Waals surface area contributed by atoms with Gasteiger partial charge in [0.25, 0.3) is 0 Å². The summed E-state index contributed by atoms with van der Waals surface area (Å²) in [6.07, 6.45) is 11.7. The maximum absolute atomic E-state index is 14.4. The van der Waals surface area contributed by atoms with Crippen molar-refractivity contribution in [1.29, 1.82) is 0 Å². The number of carbonyl (C=O) groups is 2. The second-order valence-electron chi connectivity index (χ2n) is 18.9. The molecule has 23 heteroatoms. The minimum Gasteiger partial charge on any atom is -1.00 e. The minimum absolute atomic E-state index is 0. The van der Waals surface area contributed by atoms with Crippen molar-refractivity contribution in [2.45, 2.75) is 91.4 Å². The van der Waals surface area contributed by atoms with Gasteiger partial charge >= 0.3 is 0 Å². The number of ether oxygens (including phenoxy) is 3. The van der Waals surface area contributed by atoms with Gasteiger partial charge in [-0.25, -0.2) is 9.36 Å². The SMILES string of the molecule is C#CCOCCOCCOCCNc1nc(N2CCN(C(=O)C(C(C)CC)n3cc(C(N)Cc4ccc(O)cc4)nn3)CC2)nc(N2CCN(C(=O)C(C(C)CC)n3cc(C(N)CC(C)C)nn3)CC2)n1.[Cl-]. The Bertz CT molecular complexity index is 2300. The van der Waals surface area contributed by atoms with E-state index in [0.717, 1.165) is 24.8 Å². The summed E-state index contributed by atoms with van der Waals surface area (Å²) in [4.78, 5) is 51.3. The number of halogens is 1. The zero-order valence-corrected chi connectivity index (χ0v) is 43.6. The van der Waals surface area contributed by atoms with E-state index in [4.69, 9.17) is 47.1 Å². The molecule has 2 aliphatic heterocycles. The maximum atomic E-state index is 14.4. The summed E-state index contributed by atoms with van der Waals surface area (Å²) < 4.78 is 19.9. The van der Waals surface area contributed by atoms with Crippen molar-refractivity contribution >= 4 is 29.7 Å². The van der Waals surface area contributed by atoms with Crippen LogP contribution >= 0.6 is 0 Å². The molecule has 0 radical (unpaired) electrons. The zero-order valence-electron chi connectivity index (χ0n) is 42.9. The summed E-state index contributed by atoms with van der Waals surface area (Å²) in [6, 6.07) is 5.14. The van der Waals surface area contributed by atoms with E-state index < -0.39 is 18.1 Å². The molecule has 6 unspecified atom stereocenters. The van der Waals surface area contributed by atoms with E-state index in [0.29, 0.717) is 134 Å². The van der Waals surface area contributed by atoms with Crippen LogP contribution in [-0.4, -0.2) is 170 Å². The lowest BCUT2D eigenvalue weighted by atomic mass is 9.97. The second kappa shape index (κ2) is 28.5. The van der Waals surface area contributed by atoms with Crippen LogP contribution in [0.2, 0.25) is 0 Å². The van der Waals surface area contributed by atoms with Crippen LogP contribution in [0.15, 0.2) is 36.7 Å². The van der Waals surface area contributed by atoms with Gasteiger partial charge in [-0.1, -0.05) is 82.9 Å². The Labute approximate surface area is 430 Å². The fourth-order valence-electron chi connectivity index (χ4n) is 8.64. The maximum Gasteiger partial charge on any atom is 0.247 e. The van der Waals surface area contributed by atoms with E-state index in [-0.39, 0.29) is 54.5 Å². The van der Waals surface area contributed by atoms with Crippen molar-refractivity contribution in [1.82, 2.24) is 54.7 Å². The molecule has 0 aliphatic carbocycles. The first-order valence-corrected chi connectivity index (χ1v) is 25.2. The third-order valence-electron chi connectivity index (χ3n) is 13.2. The molecule has 2 fully saturated rings. The number of aromatic hydroxyl groups is 1. The Morgan fingerprint density at radius 2 is 1.18 bits per heavy atom. The molecule has 5 heterocycles. The summed E-state index contributed by atoms with van der Waals surface area (Å²) in [5, 5.41) is 30.6. The van der Waals surface area contributed by atoms with Gasteiger partial charge in [0, 0.05) is 58.9 Å². The Hall–Kier alpha value is -5.70. The highest BCUT2D eigenvalue weighted by Gasteiger charge is 2.36. The van der Waals surface area contributed by atoms with Crippen molar-refractivity contribution < 1.29 is 41.3 Å². The standard InChI is InChI=1S/C49H76N16O6.ClH/c1-8-24-69-26-28-71-29-27-70-25-15-52-47-53-48(62-20-16-60(17-21-62)45(67)43(35(6)9-2)64-32-41(56-58-64)39(50)30-34(4)5)55-49(54-47)63-22-18-61(19-23-63)46(68)44(36(7)10-3)65-33-42(57-59-65)40(51)31-37-11-13-38(66)14-12-37;/h1,11-14,32-36,39-40,43-44,66H,9-10,15-31,50-51H2,2-7H3,(H,52,53,54,55);1H/p-1. The number of benzene rings is 1. The molecule has 6 atom stereocenters. The molecule has 72 heavy (non-hydrogen) atoms. The average Bonchev–Trinajstić information content (AvgIpc) is 4.08. The van der Waals surface area contributed by atoms with E-state index in [1.807, 2.05) is 35.1 Å². The van der Waals surface area contributed by atoms with Crippen LogP contribution in [0.1, 0.15) is 102 Å². The van der Waals surface area contributed by atoms with E-state index in [2.05, 4.69) is 76.3 Å². The number of terminal acetylenes is 1. The Kier molecular flexibility index (Phi) is 22.7.